The topological polar surface area (TPSA) is 75.3 Å². The Bertz CT molecular complexity index is 649. The minimum atomic E-state index is -0.847. The largest absolute Gasteiger partial charge is 0.507 e. The summed E-state index contributed by atoms with van der Waals surface area (Å²) in [5, 5.41) is 17.9. The van der Waals surface area contributed by atoms with Gasteiger partial charge in [-0.3, -0.25) is 0 Å². The van der Waals surface area contributed by atoms with Gasteiger partial charge in [-0.1, -0.05) is 12.1 Å². The summed E-state index contributed by atoms with van der Waals surface area (Å²) < 4.78 is 13.6. The molecular weight excluding hydrogens is 271 g/mol. The third-order valence-corrected chi connectivity index (χ3v) is 3.69. The van der Waals surface area contributed by atoms with Crippen LogP contribution >= 0.6 is 0 Å². The van der Waals surface area contributed by atoms with E-state index in [0.29, 0.717) is 29.9 Å². The number of aromatic hydroxyl groups is 1. The fourth-order valence-corrected chi connectivity index (χ4v) is 2.61. The van der Waals surface area contributed by atoms with Crippen LogP contribution < -0.4 is 10.6 Å². The highest BCUT2D eigenvalue weighted by molar-refractivity contribution is 5.74. The molecule has 1 fully saturated rings. The molecule has 1 saturated heterocycles. The summed E-state index contributed by atoms with van der Waals surface area (Å²) in [4.78, 5) is 1.89. The summed E-state index contributed by atoms with van der Waals surface area (Å²) in [6, 6.07) is 8.66. The maximum absolute atomic E-state index is 13.6. The number of halogens is 1. The number of nitrogens with two attached hydrogens (primary N) is 1. The Hall–Kier alpha value is -2.37. The van der Waals surface area contributed by atoms with Crippen molar-refractivity contribution in [3.8, 4) is 17.0 Å². The molecule has 3 rings (SSSR count). The Balaban J connectivity index is 1.98. The standard InChI is InChI=1S/C15H17FN4O/c16-10-4-3-7-20(9-10)13-8-12(18-19-15(13)17)11-5-1-2-6-14(11)21/h1-2,5-6,8,10,21H,3-4,7,9H2,(H2,17,19)/t10-/m1/s1. The molecule has 2 aromatic rings. The summed E-state index contributed by atoms with van der Waals surface area (Å²) in [5.74, 6) is 0.410. The number of nitrogens with zero attached hydrogens (tertiary/aromatic N) is 3. The zero-order valence-electron chi connectivity index (χ0n) is 11.5. The van der Waals surface area contributed by atoms with Crippen LogP contribution in [-0.2, 0) is 0 Å². The van der Waals surface area contributed by atoms with E-state index in [1.54, 1.807) is 24.3 Å². The lowest BCUT2D eigenvalue weighted by molar-refractivity contribution is 0.287. The lowest BCUT2D eigenvalue weighted by Crippen LogP contribution is -2.37. The van der Waals surface area contributed by atoms with E-state index in [4.69, 9.17) is 5.73 Å². The van der Waals surface area contributed by atoms with Crippen molar-refractivity contribution in [1.29, 1.82) is 0 Å². The number of phenolic OH excluding ortho intramolecular Hbond substituents is 1. The van der Waals surface area contributed by atoms with Gasteiger partial charge >= 0.3 is 0 Å². The van der Waals surface area contributed by atoms with Crippen LogP contribution in [0, 0.1) is 0 Å². The molecule has 5 nitrogen and oxygen atoms in total. The first-order chi connectivity index (χ1) is 10.1. The van der Waals surface area contributed by atoms with Gasteiger partial charge in [-0.05, 0) is 31.0 Å². The normalized spacial score (nSPS) is 18.7. The van der Waals surface area contributed by atoms with Crippen LogP contribution in [0.15, 0.2) is 30.3 Å². The van der Waals surface area contributed by atoms with Crippen LogP contribution in [0.4, 0.5) is 15.9 Å². The fourth-order valence-electron chi connectivity index (χ4n) is 2.61. The maximum Gasteiger partial charge on any atom is 0.169 e. The summed E-state index contributed by atoms with van der Waals surface area (Å²) in [5.41, 5.74) is 7.66. The van der Waals surface area contributed by atoms with Crippen molar-refractivity contribution in [3.63, 3.8) is 0 Å². The Labute approximate surface area is 122 Å². The highest BCUT2D eigenvalue weighted by Gasteiger charge is 2.22. The second-order valence-electron chi connectivity index (χ2n) is 5.20. The highest BCUT2D eigenvalue weighted by atomic mass is 19.1. The van der Waals surface area contributed by atoms with Crippen LogP contribution in [0.3, 0.4) is 0 Å². The summed E-state index contributed by atoms with van der Waals surface area (Å²) in [6.07, 6.45) is 0.524. The monoisotopic (exact) mass is 288 g/mol. The number of alkyl halides is 1. The highest BCUT2D eigenvalue weighted by Crippen LogP contribution is 2.32. The second kappa shape index (κ2) is 5.55. The van der Waals surface area contributed by atoms with Crippen LogP contribution in [0.25, 0.3) is 11.3 Å². The molecule has 3 N–H and O–H groups in total. The number of benzene rings is 1. The number of anilines is 2. The van der Waals surface area contributed by atoms with Gasteiger partial charge in [0, 0.05) is 18.7 Å². The average molecular weight is 288 g/mol. The average Bonchev–Trinajstić information content (AvgIpc) is 2.48. The second-order valence-corrected chi connectivity index (χ2v) is 5.20. The minimum Gasteiger partial charge on any atom is -0.507 e. The Kier molecular flexibility index (Phi) is 3.60. The summed E-state index contributed by atoms with van der Waals surface area (Å²) in [6.45, 7) is 1.06. The van der Waals surface area contributed by atoms with E-state index in [2.05, 4.69) is 10.2 Å². The van der Waals surface area contributed by atoms with Crippen LogP contribution in [0.2, 0.25) is 0 Å². The Morgan fingerprint density at radius 3 is 2.86 bits per heavy atom. The molecule has 1 aromatic carbocycles. The van der Waals surface area contributed by atoms with Gasteiger partial charge in [0.15, 0.2) is 5.82 Å². The van der Waals surface area contributed by atoms with Crippen molar-refractivity contribution in [2.45, 2.75) is 19.0 Å². The molecule has 0 amide bonds. The van der Waals surface area contributed by atoms with Gasteiger partial charge in [-0.25, -0.2) is 4.39 Å². The number of para-hydroxylation sites is 1. The molecule has 1 aliphatic heterocycles. The predicted molar refractivity (Wildman–Crippen MR) is 79.9 cm³/mol. The molecule has 0 unspecified atom stereocenters. The van der Waals surface area contributed by atoms with Gasteiger partial charge in [0.2, 0.25) is 0 Å². The lowest BCUT2D eigenvalue weighted by atomic mass is 10.1. The number of rotatable bonds is 2. The molecule has 6 heteroatoms. The van der Waals surface area contributed by atoms with E-state index in [9.17, 15) is 9.50 Å². The molecule has 1 atom stereocenters. The van der Waals surface area contributed by atoms with Crippen molar-refractivity contribution < 1.29 is 9.50 Å². The van der Waals surface area contributed by atoms with Crippen molar-refractivity contribution in [3.05, 3.63) is 30.3 Å². The van der Waals surface area contributed by atoms with Gasteiger partial charge in [-0.15, -0.1) is 10.2 Å². The number of hydrogen-bond acceptors (Lipinski definition) is 5. The maximum atomic E-state index is 13.6. The van der Waals surface area contributed by atoms with E-state index in [0.717, 1.165) is 13.0 Å². The van der Waals surface area contributed by atoms with Gasteiger partial charge < -0.3 is 15.7 Å². The number of nitrogen functional groups attached to an aromatic ring is 1. The first-order valence-corrected chi connectivity index (χ1v) is 6.95. The van der Waals surface area contributed by atoms with Gasteiger partial charge in [0.25, 0.3) is 0 Å². The smallest absolute Gasteiger partial charge is 0.169 e. The molecule has 110 valence electrons. The van der Waals surface area contributed by atoms with Crippen molar-refractivity contribution in [2.24, 2.45) is 0 Å². The number of aromatic nitrogens is 2. The quantitative estimate of drug-likeness (QED) is 0.887. The van der Waals surface area contributed by atoms with Crippen LogP contribution in [-0.4, -0.2) is 34.6 Å². The van der Waals surface area contributed by atoms with Gasteiger partial charge in [0.1, 0.15) is 11.9 Å². The Morgan fingerprint density at radius 2 is 2.10 bits per heavy atom. The van der Waals surface area contributed by atoms with Crippen LogP contribution in [0.1, 0.15) is 12.8 Å². The zero-order valence-corrected chi connectivity index (χ0v) is 11.5. The third kappa shape index (κ3) is 2.74. The van der Waals surface area contributed by atoms with Crippen molar-refractivity contribution in [1.82, 2.24) is 10.2 Å². The third-order valence-electron chi connectivity index (χ3n) is 3.69. The molecule has 0 aliphatic carbocycles. The molecule has 2 heterocycles. The molecule has 1 aliphatic rings. The van der Waals surface area contributed by atoms with E-state index >= 15 is 0 Å². The van der Waals surface area contributed by atoms with E-state index in [-0.39, 0.29) is 11.6 Å². The molecule has 0 spiro atoms. The molecule has 0 saturated carbocycles. The van der Waals surface area contributed by atoms with Crippen molar-refractivity contribution in [2.75, 3.05) is 23.7 Å². The number of phenols is 1. The summed E-state index contributed by atoms with van der Waals surface area (Å²) in [7, 11) is 0. The Morgan fingerprint density at radius 1 is 1.29 bits per heavy atom. The van der Waals surface area contributed by atoms with E-state index in [1.165, 1.54) is 0 Å². The summed E-state index contributed by atoms with van der Waals surface area (Å²) >= 11 is 0. The zero-order chi connectivity index (χ0) is 14.8. The number of piperidine rings is 1. The first kappa shape index (κ1) is 13.6. The van der Waals surface area contributed by atoms with E-state index in [1.807, 2.05) is 11.0 Å². The predicted octanol–water partition coefficient (Wildman–Crippen LogP) is 2.37. The molecule has 1 aromatic heterocycles. The number of hydrogen-bond donors (Lipinski definition) is 2. The molecule has 0 radical (unpaired) electrons. The fraction of sp³-hybridized carbons (Fsp3) is 0.333. The SMILES string of the molecule is Nc1nnc(-c2ccccc2O)cc1N1CCC[C@@H](F)C1. The van der Waals surface area contributed by atoms with Crippen LogP contribution in [0.5, 0.6) is 5.75 Å². The first-order valence-electron chi connectivity index (χ1n) is 6.95. The molecular formula is C15H17FN4O. The van der Waals surface area contributed by atoms with Gasteiger partial charge in [-0.2, -0.15) is 0 Å². The lowest BCUT2D eigenvalue weighted by Gasteiger charge is -2.31. The minimum absolute atomic E-state index is 0.129. The van der Waals surface area contributed by atoms with E-state index < -0.39 is 6.17 Å². The van der Waals surface area contributed by atoms with Gasteiger partial charge in [0.05, 0.1) is 11.4 Å². The molecule has 21 heavy (non-hydrogen) atoms. The van der Waals surface area contributed by atoms with Crippen molar-refractivity contribution >= 4 is 11.5 Å². The molecule has 0 bridgehead atoms.